The number of piperidine rings is 1. The first-order valence-electron chi connectivity index (χ1n) is 9.25. The monoisotopic (exact) mass is 342 g/mol. The van der Waals surface area contributed by atoms with Gasteiger partial charge in [-0.05, 0) is 31.9 Å². The summed E-state index contributed by atoms with van der Waals surface area (Å²) in [5, 5.41) is 10.0. The summed E-state index contributed by atoms with van der Waals surface area (Å²) >= 11 is 0. The molecular formula is C19H26N4O2. The Labute approximate surface area is 148 Å². The molecule has 6 nitrogen and oxygen atoms in total. The van der Waals surface area contributed by atoms with Crippen molar-refractivity contribution in [2.45, 2.75) is 25.9 Å². The summed E-state index contributed by atoms with van der Waals surface area (Å²) in [5.74, 6) is 2.19. The van der Waals surface area contributed by atoms with Gasteiger partial charge < -0.3 is 19.6 Å². The smallest absolute Gasteiger partial charge is 0.172 e. The zero-order valence-electron chi connectivity index (χ0n) is 14.8. The molecule has 1 N–H and O–H groups in total. The molecule has 2 aliphatic heterocycles. The molecular weight excluding hydrogens is 316 g/mol. The maximum atomic E-state index is 10.0. The third kappa shape index (κ3) is 3.41. The second-order valence-electron chi connectivity index (χ2n) is 7.05. The molecule has 3 heterocycles. The lowest BCUT2D eigenvalue weighted by atomic mass is 9.93. The molecule has 2 saturated heterocycles. The number of hydrogen-bond acceptors (Lipinski definition) is 6. The first-order valence-corrected chi connectivity index (χ1v) is 9.25. The summed E-state index contributed by atoms with van der Waals surface area (Å²) in [5.41, 5.74) is 1.85. The fraction of sp³-hybridized carbons (Fsp3) is 0.579. The highest BCUT2D eigenvalue weighted by Crippen LogP contribution is 2.32. The van der Waals surface area contributed by atoms with E-state index in [1.807, 2.05) is 31.2 Å². The van der Waals surface area contributed by atoms with Crippen LogP contribution in [0.3, 0.4) is 0 Å². The number of anilines is 2. The normalized spacial score (nSPS) is 23.0. The molecule has 1 aromatic carbocycles. The SMILES string of the molecule is C[C@H](O)[C@@H]1CCCN(c2nc3ccccc3nc2N2CCOCC2)C1. The molecule has 0 spiro atoms. The van der Waals surface area contributed by atoms with Crippen LogP contribution in [0.2, 0.25) is 0 Å². The minimum absolute atomic E-state index is 0.289. The first kappa shape index (κ1) is 16.5. The van der Waals surface area contributed by atoms with Crippen LogP contribution >= 0.6 is 0 Å². The summed E-state index contributed by atoms with van der Waals surface area (Å²) in [6, 6.07) is 8.05. The standard InChI is InChI=1S/C19H26N4O2/c1-14(24)15-5-4-8-23(13-15)19-18(22-9-11-25-12-10-22)20-16-6-2-3-7-17(16)21-19/h2-3,6-7,14-15,24H,4-5,8-13H2,1H3/t14-,15+/m0/s1. The van der Waals surface area contributed by atoms with Gasteiger partial charge in [0, 0.05) is 32.1 Å². The zero-order chi connectivity index (χ0) is 17.2. The Morgan fingerprint density at radius 3 is 2.32 bits per heavy atom. The van der Waals surface area contributed by atoms with E-state index in [1.54, 1.807) is 0 Å². The van der Waals surface area contributed by atoms with Crippen LogP contribution in [0.1, 0.15) is 19.8 Å². The summed E-state index contributed by atoms with van der Waals surface area (Å²) in [4.78, 5) is 14.5. The van der Waals surface area contributed by atoms with Crippen molar-refractivity contribution in [3.05, 3.63) is 24.3 Å². The van der Waals surface area contributed by atoms with Crippen molar-refractivity contribution < 1.29 is 9.84 Å². The van der Waals surface area contributed by atoms with E-state index in [-0.39, 0.29) is 6.10 Å². The summed E-state index contributed by atoms with van der Waals surface area (Å²) < 4.78 is 5.51. The van der Waals surface area contributed by atoms with E-state index in [0.717, 1.165) is 74.9 Å². The molecule has 0 unspecified atom stereocenters. The van der Waals surface area contributed by atoms with Crippen molar-refractivity contribution in [1.82, 2.24) is 9.97 Å². The van der Waals surface area contributed by atoms with Gasteiger partial charge in [-0.1, -0.05) is 12.1 Å². The Kier molecular flexibility index (Phi) is 4.72. The van der Waals surface area contributed by atoms with E-state index >= 15 is 0 Å². The van der Waals surface area contributed by atoms with Gasteiger partial charge in [0.05, 0.1) is 30.4 Å². The number of morpholine rings is 1. The molecule has 0 radical (unpaired) electrons. The lowest BCUT2D eigenvalue weighted by molar-refractivity contribution is 0.114. The Hall–Kier alpha value is -1.92. The van der Waals surface area contributed by atoms with Crippen LogP contribution in [0, 0.1) is 5.92 Å². The van der Waals surface area contributed by atoms with Gasteiger partial charge in [0.2, 0.25) is 0 Å². The van der Waals surface area contributed by atoms with Gasteiger partial charge in [-0.15, -0.1) is 0 Å². The predicted octanol–water partition coefficient (Wildman–Crippen LogP) is 2.06. The zero-order valence-corrected chi connectivity index (χ0v) is 14.8. The third-order valence-corrected chi connectivity index (χ3v) is 5.28. The minimum Gasteiger partial charge on any atom is -0.393 e. The Morgan fingerprint density at radius 2 is 1.68 bits per heavy atom. The second kappa shape index (κ2) is 7.14. The topological polar surface area (TPSA) is 61.7 Å². The molecule has 2 aromatic rings. The number of hydrogen-bond donors (Lipinski definition) is 1. The van der Waals surface area contributed by atoms with Crippen molar-refractivity contribution in [2.75, 3.05) is 49.2 Å². The van der Waals surface area contributed by atoms with Gasteiger partial charge in [-0.25, -0.2) is 9.97 Å². The van der Waals surface area contributed by atoms with Crippen LogP contribution in [0.15, 0.2) is 24.3 Å². The van der Waals surface area contributed by atoms with Crippen LogP contribution < -0.4 is 9.80 Å². The molecule has 0 bridgehead atoms. The molecule has 0 amide bonds. The van der Waals surface area contributed by atoms with E-state index in [9.17, 15) is 5.11 Å². The number of nitrogens with zero attached hydrogens (tertiary/aromatic N) is 4. The third-order valence-electron chi connectivity index (χ3n) is 5.28. The van der Waals surface area contributed by atoms with Crippen molar-refractivity contribution >= 4 is 22.7 Å². The molecule has 2 atom stereocenters. The lowest BCUT2D eigenvalue weighted by Crippen LogP contribution is -2.42. The summed E-state index contributed by atoms with van der Waals surface area (Å²) in [6.45, 7) is 6.83. The van der Waals surface area contributed by atoms with Crippen molar-refractivity contribution in [3.63, 3.8) is 0 Å². The van der Waals surface area contributed by atoms with E-state index in [1.165, 1.54) is 0 Å². The summed E-state index contributed by atoms with van der Waals surface area (Å²) in [7, 11) is 0. The Balaban J connectivity index is 1.74. The maximum Gasteiger partial charge on any atom is 0.172 e. The fourth-order valence-electron chi connectivity index (χ4n) is 3.78. The van der Waals surface area contributed by atoms with Crippen LogP contribution in [0.25, 0.3) is 11.0 Å². The molecule has 2 aliphatic rings. The number of benzene rings is 1. The van der Waals surface area contributed by atoms with Gasteiger partial charge >= 0.3 is 0 Å². The van der Waals surface area contributed by atoms with Crippen LogP contribution in [-0.4, -0.2) is 60.6 Å². The quantitative estimate of drug-likeness (QED) is 0.921. The highest BCUT2D eigenvalue weighted by molar-refractivity contribution is 5.81. The molecule has 1 aromatic heterocycles. The number of rotatable bonds is 3. The number of fused-ring (bicyclic) bond motifs is 1. The fourth-order valence-corrected chi connectivity index (χ4v) is 3.78. The van der Waals surface area contributed by atoms with E-state index in [0.29, 0.717) is 5.92 Å². The van der Waals surface area contributed by atoms with Crippen molar-refractivity contribution in [2.24, 2.45) is 5.92 Å². The number of aliphatic hydroxyl groups excluding tert-OH is 1. The minimum atomic E-state index is -0.289. The highest BCUT2D eigenvalue weighted by Gasteiger charge is 2.28. The average Bonchev–Trinajstić information content (AvgIpc) is 2.67. The van der Waals surface area contributed by atoms with Crippen LogP contribution in [0.5, 0.6) is 0 Å². The first-order chi connectivity index (χ1) is 12.2. The molecule has 0 aliphatic carbocycles. The molecule has 134 valence electrons. The van der Waals surface area contributed by atoms with Crippen LogP contribution in [-0.2, 0) is 4.74 Å². The molecule has 6 heteroatoms. The van der Waals surface area contributed by atoms with Crippen LogP contribution in [0.4, 0.5) is 11.6 Å². The van der Waals surface area contributed by atoms with E-state index in [2.05, 4.69) is 9.80 Å². The molecule has 2 fully saturated rings. The second-order valence-corrected chi connectivity index (χ2v) is 7.05. The van der Waals surface area contributed by atoms with E-state index < -0.39 is 0 Å². The van der Waals surface area contributed by atoms with Crippen molar-refractivity contribution in [3.8, 4) is 0 Å². The number of aliphatic hydroxyl groups is 1. The predicted molar refractivity (Wildman–Crippen MR) is 99.2 cm³/mol. The number of para-hydroxylation sites is 2. The molecule has 0 saturated carbocycles. The maximum absolute atomic E-state index is 10.0. The number of aromatic nitrogens is 2. The van der Waals surface area contributed by atoms with Gasteiger partial charge in [0.1, 0.15) is 0 Å². The van der Waals surface area contributed by atoms with E-state index in [4.69, 9.17) is 14.7 Å². The number of ether oxygens (including phenoxy) is 1. The average molecular weight is 342 g/mol. The summed E-state index contributed by atoms with van der Waals surface area (Å²) in [6.07, 6.45) is 1.86. The highest BCUT2D eigenvalue weighted by atomic mass is 16.5. The largest absolute Gasteiger partial charge is 0.393 e. The Bertz CT molecular complexity index is 730. The van der Waals surface area contributed by atoms with Gasteiger partial charge in [-0.2, -0.15) is 0 Å². The van der Waals surface area contributed by atoms with Gasteiger partial charge in [0.15, 0.2) is 11.6 Å². The Morgan fingerprint density at radius 1 is 1.04 bits per heavy atom. The molecule has 4 rings (SSSR count). The van der Waals surface area contributed by atoms with Gasteiger partial charge in [0.25, 0.3) is 0 Å². The lowest BCUT2D eigenvalue weighted by Gasteiger charge is -2.37. The molecule has 25 heavy (non-hydrogen) atoms. The van der Waals surface area contributed by atoms with Crippen molar-refractivity contribution in [1.29, 1.82) is 0 Å². The van der Waals surface area contributed by atoms with Gasteiger partial charge in [-0.3, -0.25) is 0 Å².